The monoisotopic (exact) mass is 242 g/mol. The van der Waals surface area contributed by atoms with Gasteiger partial charge in [0.2, 0.25) is 0 Å². The van der Waals surface area contributed by atoms with E-state index >= 15 is 0 Å². The van der Waals surface area contributed by atoms with Crippen molar-refractivity contribution in [1.82, 2.24) is 9.97 Å². The Morgan fingerprint density at radius 2 is 1.89 bits per heavy atom. The predicted octanol–water partition coefficient (Wildman–Crippen LogP) is 2.83. The minimum atomic E-state index is 0.504. The summed E-state index contributed by atoms with van der Waals surface area (Å²) in [5.74, 6) is 2.04. The Kier molecular flexibility index (Phi) is 3.46. The first-order valence-electron chi connectivity index (χ1n) is 6.06. The van der Waals surface area contributed by atoms with Gasteiger partial charge >= 0.3 is 0 Å². The van der Waals surface area contributed by atoms with Crippen LogP contribution in [0.5, 0.6) is 0 Å². The molecule has 0 atom stereocenters. The van der Waals surface area contributed by atoms with Crippen molar-refractivity contribution >= 4 is 17.3 Å². The van der Waals surface area contributed by atoms with Crippen LogP contribution in [0, 0.1) is 13.8 Å². The summed E-state index contributed by atoms with van der Waals surface area (Å²) in [5.41, 5.74) is 8.16. The van der Waals surface area contributed by atoms with Gasteiger partial charge in [0.05, 0.1) is 0 Å². The van der Waals surface area contributed by atoms with Gasteiger partial charge in [0, 0.05) is 18.3 Å². The number of aryl methyl sites for hydroxylation is 2. The summed E-state index contributed by atoms with van der Waals surface area (Å²) in [6, 6.07) is 10.1. The first-order valence-corrected chi connectivity index (χ1v) is 6.06. The van der Waals surface area contributed by atoms with E-state index in [0.717, 1.165) is 18.1 Å². The van der Waals surface area contributed by atoms with Crippen molar-refractivity contribution in [3.63, 3.8) is 0 Å². The number of anilines is 3. The van der Waals surface area contributed by atoms with Crippen LogP contribution in [0.4, 0.5) is 17.3 Å². The van der Waals surface area contributed by atoms with E-state index in [0.29, 0.717) is 11.6 Å². The van der Waals surface area contributed by atoms with E-state index < -0.39 is 0 Å². The maximum absolute atomic E-state index is 5.79. The number of nitrogens with zero attached hydrogens (tertiary/aromatic N) is 3. The Balaban J connectivity index is 2.48. The Morgan fingerprint density at radius 3 is 2.50 bits per heavy atom. The molecule has 4 heteroatoms. The molecule has 0 unspecified atom stereocenters. The molecule has 2 aromatic rings. The highest BCUT2D eigenvalue weighted by Gasteiger charge is 2.11. The molecule has 0 amide bonds. The highest BCUT2D eigenvalue weighted by Crippen LogP contribution is 2.27. The molecule has 0 aliphatic rings. The normalized spacial score (nSPS) is 10.4. The van der Waals surface area contributed by atoms with Gasteiger partial charge in [0.25, 0.3) is 0 Å². The van der Waals surface area contributed by atoms with Crippen molar-refractivity contribution < 1.29 is 0 Å². The Labute approximate surface area is 107 Å². The second-order valence-corrected chi connectivity index (χ2v) is 4.23. The van der Waals surface area contributed by atoms with Crippen LogP contribution in [0.1, 0.15) is 18.3 Å². The number of hydrogen-bond donors (Lipinski definition) is 1. The van der Waals surface area contributed by atoms with E-state index in [1.54, 1.807) is 0 Å². The van der Waals surface area contributed by atoms with Gasteiger partial charge in [-0.3, -0.25) is 0 Å². The molecule has 1 heterocycles. The first-order chi connectivity index (χ1) is 8.61. The van der Waals surface area contributed by atoms with Gasteiger partial charge in [-0.05, 0) is 32.4 Å². The summed E-state index contributed by atoms with van der Waals surface area (Å²) in [6.07, 6.45) is 0. The van der Waals surface area contributed by atoms with E-state index in [1.807, 2.05) is 25.1 Å². The third-order valence-electron chi connectivity index (χ3n) is 2.84. The van der Waals surface area contributed by atoms with Gasteiger partial charge in [0.1, 0.15) is 17.5 Å². The molecule has 1 aromatic carbocycles. The van der Waals surface area contributed by atoms with E-state index in [1.165, 1.54) is 5.56 Å². The number of nitrogens with two attached hydrogens (primary N) is 1. The van der Waals surface area contributed by atoms with E-state index in [4.69, 9.17) is 5.73 Å². The fourth-order valence-corrected chi connectivity index (χ4v) is 2.03. The maximum atomic E-state index is 5.79. The largest absolute Gasteiger partial charge is 0.384 e. The molecule has 4 nitrogen and oxygen atoms in total. The molecule has 1 aromatic heterocycles. The van der Waals surface area contributed by atoms with Crippen molar-refractivity contribution in [2.45, 2.75) is 20.8 Å². The Morgan fingerprint density at radius 1 is 1.17 bits per heavy atom. The molecule has 0 bridgehead atoms. The molecule has 0 saturated carbocycles. The van der Waals surface area contributed by atoms with E-state index in [2.05, 4.69) is 40.8 Å². The molecular formula is C14H18N4. The quantitative estimate of drug-likeness (QED) is 0.899. The lowest BCUT2D eigenvalue weighted by molar-refractivity contribution is 0.950. The molecular weight excluding hydrogens is 224 g/mol. The molecule has 94 valence electrons. The predicted molar refractivity (Wildman–Crippen MR) is 75.0 cm³/mol. The molecule has 0 fully saturated rings. The lowest BCUT2D eigenvalue weighted by atomic mass is 10.2. The average molecular weight is 242 g/mol. The number of para-hydroxylation sites is 1. The van der Waals surface area contributed by atoms with Gasteiger partial charge in [0.15, 0.2) is 0 Å². The summed E-state index contributed by atoms with van der Waals surface area (Å²) in [4.78, 5) is 10.7. The Hall–Kier alpha value is -2.10. The third kappa shape index (κ3) is 2.42. The van der Waals surface area contributed by atoms with Crippen molar-refractivity contribution in [1.29, 1.82) is 0 Å². The van der Waals surface area contributed by atoms with Crippen LogP contribution in [-0.4, -0.2) is 16.5 Å². The summed E-state index contributed by atoms with van der Waals surface area (Å²) >= 11 is 0. The van der Waals surface area contributed by atoms with Crippen LogP contribution >= 0.6 is 0 Å². The average Bonchev–Trinajstić information content (AvgIpc) is 2.31. The van der Waals surface area contributed by atoms with Crippen molar-refractivity contribution in [2.75, 3.05) is 17.2 Å². The third-order valence-corrected chi connectivity index (χ3v) is 2.84. The van der Waals surface area contributed by atoms with Gasteiger partial charge in [-0.2, -0.15) is 0 Å². The SMILES string of the molecule is CCN(c1cc(N)nc(C)n1)c1ccccc1C. The van der Waals surface area contributed by atoms with Gasteiger partial charge < -0.3 is 10.6 Å². The zero-order valence-electron chi connectivity index (χ0n) is 11.0. The van der Waals surface area contributed by atoms with Gasteiger partial charge in [-0.1, -0.05) is 18.2 Å². The Bertz CT molecular complexity index is 531. The minimum absolute atomic E-state index is 0.504. The highest BCUT2D eigenvalue weighted by atomic mass is 15.2. The van der Waals surface area contributed by atoms with Gasteiger partial charge in [-0.15, -0.1) is 0 Å². The van der Waals surface area contributed by atoms with Gasteiger partial charge in [-0.25, -0.2) is 9.97 Å². The highest BCUT2D eigenvalue weighted by molar-refractivity contribution is 5.65. The summed E-state index contributed by atoms with van der Waals surface area (Å²) in [5, 5.41) is 0. The molecule has 0 spiro atoms. The fourth-order valence-electron chi connectivity index (χ4n) is 2.03. The smallest absolute Gasteiger partial charge is 0.138 e. The topological polar surface area (TPSA) is 55.0 Å². The van der Waals surface area contributed by atoms with E-state index in [9.17, 15) is 0 Å². The summed E-state index contributed by atoms with van der Waals surface area (Å²) in [7, 11) is 0. The molecule has 0 aliphatic heterocycles. The molecule has 2 N–H and O–H groups in total. The van der Waals surface area contributed by atoms with Crippen LogP contribution in [-0.2, 0) is 0 Å². The fraction of sp³-hybridized carbons (Fsp3) is 0.286. The van der Waals surface area contributed by atoms with Crippen LogP contribution in [0.3, 0.4) is 0 Å². The zero-order chi connectivity index (χ0) is 13.1. The van der Waals surface area contributed by atoms with Crippen LogP contribution in [0.25, 0.3) is 0 Å². The number of aromatic nitrogens is 2. The second-order valence-electron chi connectivity index (χ2n) is 4.23. The van der Waals surface area contributed by atoms with Crippen molar-refractivity contribution in [3.05, 3.63) is 41.7 Å². The zero-order valence-corrected chi connectivity index (χ0v) is 11.0. The molecule has 2 rings (SSSR count). The van der Waals surface area contributed by atoms with Crippen LogP contribution < -0.4 is 10.6 Å². The molecule has 18 heavy (non-hydrogen) atoms. The second kappa shape index (κ2) is 5.04. The minimum Gasteiger partial charge on any atom is -0.384 e. The molecule has 0 saturated heterocycles. The molecule has 0 radical (unpaired) electrons. The van der Waals surface area contributed by atoms with Crippen molar-refractivity contribution in [3.8, 4) is 0 Å². The maximum Gasteiger partial charge on any atom is 0.138 e. The standard InChI is InChI=1S/C14H18N4/c1-4-18(12-8-6-5-7-10(12)2)14-9-13(15)16-11(3)17-14/h5-9H,4H2,1-3H3,(H2,15,16,17). The summed E-state index contributed by atoms with van der Waals surface area (Å²) < 4.78 is 0. The number of benzene rings is 1. The lowest BCUT2D eigenvalue weighted by Gasteiger charge is -2.24. The first kappa shape index (κ1) is 12.4. The number of nitrogen functional groups attached to an aromatic ring is 1. The lowest BCUT2D eigenvalue weighted by Crippen LogP contribution is -2.19. The number of rotatable bonds is 3. The van der Waals surface area contributed by atoms with Crippen LogP contribution in [0.15, 0.2) is 30.3 Å². The summed E-state index contributed by atoms with van der Waals surface area (Å²) in [6.45, 7) is 6.88. The van der Waals surface area contributed by atoms with Crippen molar-refractivity contribution in [2.24, 2.45) is 0 Å². The van der Waals surface area contributed by atoms with E-state index in [-0.39, 0.29) is 0 Å². The van der Waals surface area contributed by atoms with Crippen LogP contribution in [0.2, 0.25) is 0 Å². The number of hydrogen-bond acceptors (Lipinski definition) is 4. The molecule has 0 aliphatic carbocycles.